The Labute approximate surface area is 134 Å². The molecule has 118 valence electrons. The summed E-state index contributed by atoms with van der Waals surface area (Å²) in [6, 6.07) is 9.26. The number of benzene rings is 1. The maximum Gasteiger partial charge on any atom is 0.0453 e. The Bertz CT molecular complexity index is 447. The predicted octanol–water partition coefficient (Wildman–Crippen LogP) is 4.36. The van der Waals surface area contributed by atoms with Gasteiger partial charge in [0.25, 0.3) is 0 Å². The molecule has 0 radical (unpaired) electrons. The Morgan fingerprint density at radius 1 is 1.24 bits per heavy atom. The summed E-state index contributed by atoms with van der Waals surface area (Å²) in [5.41, 5.74) is 1.24. The van der Waals surface area contributed by atoms with Gasteiger partial charge in [0.15, 0.2) is 0 Å². The molecule has 0 saturated heterocycles. The van der Waals surface area contributed by atoms with E-state index in [1.54, 1.807) is 0 Å². The molecule has 0 spiro atoms. The average Bonchev–Trinajstić information content (AvgIpc) is 2.41. The van der Waals surface area contributed by atoms with Crippen molar-refractivity contribution in [3.8, 4) is 0 Å². The molecule has 0 amide bonds. The lowest BCUT2D eigenvalue weighted by Gasteiger charge is -2.45. The van der Waals surface area contributed by atoms with Crippen molar-refractivity contribution in [1.82, 2.24) is 10.2 Å². The monoisotopic (exact) mass is 308 g/mol. The fraction of sp³-hybridized carbons (Fsp3) is 0.667. The second-order valence-electron chi connectivity index (χ2n) is 6.82. The first-order valence-electron chi connectivity index (χ1n) is 8.17. The van der Waals surface area contributed by atoms with E-state index in [-0.39, 0.29) is 0 Å². The molecule has 1 aliphatic carbocycles. The highest BCUT2D eigenvalue weighted by atomic mass is 35.5. The number of nitrogens with zero attached hydrogens (tertiary/aromatic N) is 1. The minimum atomic E-state index is 0.372. The van der Waals surface area contributed by atoms with Gasteiger partial charge in [-0.1, -0.05) is 43.6 Å². The van der Waals surface area contributed by atoms with Crippen LogP contribution in [0.2, 0.25) is 5.02 Å². The normalized spacial score (nSPS) is 23.4. The molecule has 21 heavy (non-hydrogen) atoms. The molecule has 0 aromatic heterocycles. The van der Waals surface area contributed by atoms with Crippen molar-refractivity contribution in [2.24, 2.45) is 11.8 Å². The van der Waals surface area contributed by atoms with Crippen molar-refractivity contribution in [3.63, 3.8) is 0 Å². The third kappa shape index (κ3) is 4.21. The van der Waals surface area contributed by atoms with Crippen molar-refractivity contribution in [2.75, 3.05) is 20.1 Å². The van der Waals surface area contributed by atoms with E-state index in [0.29, 0.717) is 12.1 Å². The SMILES string of the molecule is CC(C)CNCC1CCC1N(C)C(C)c1ccccc1Cl. The van der Waals surface area contributed by atoms with Gasteiger partial charge in [-0.25, -0.2) is 0 Å². The zero-order chi connectivity index (χ0) is 15.4. The molecule has 2 nitrogen and oxygen atoms in total. The Balaban J connectivity index is 1.90. The quantitative estimate of drug-likeness (QED) is 0.805. The van der Waals surface area contributed by atoms with Crippen LogP contribution in [0.4, 0.5) is 0 Å². The second kappa shape index (κ2) is 7.62. The van der Waals surface area contributed by atoms with Gasteiger partial charge in [0.1, 0.15) is 0 Å². The standard InChI is InChI=1S/C18H29ClN2/c1-13(2)11-20-12-15-9-10-18(15)21(4)14(3)16-7-5-6-8-17(16)19/h5-8,13-15,18,20H,9-12H2,1-4H3. The second-order valence-corrected chi connectivity index (χ2v) is 7.23. The van der Waals surface area contributed by atoms with Gasteiger partial charge in [0.2, 0.25) is 0 Å². The van der Waals surface area contributed by atoms with Crippen LogP contribution in [0, 0.1) is 11.8 Å². The third-order valence-corrected chi connectivity index (χ3v) is 5.17. The van der Waals surface area contributed by atoms with Crippen molar-refractivity contribution >= 4 is 11.6 Å². The molecule has 1 fully saturated rings. The zero-order valence-corrected chi connectivity index (χ0v) is 14.5. The maximum absolute atomic E-state index is 6.34. The van der Waals surface area contributed by atoms with E-state index >= 15 is 0 Å². The summed E-state index contributed by atoms with van der Waals surface area (Å²) in [7, 11) is 2.24. The van der Waals surface area contributed by atoms with Crippen LogP contribution in [-0.2, 0) is 0 Å². The molecule has 1 N–H and O–H groups in total. The minimum absolute atomic E-state index is 0.372. The largest absolute Gasteiger partial charge is 0.316 e. The first-order valence-corrected chi connectivity index (χ1v) is 8.55. The maximum atomic E-state index is 6.34. The Hall–Kier alpha value is -0.570. The number of halogens is 1. The lowest BCUT2D eigenvalue weighted by molar-refractivity contribution is 0.0546. The first-order chi connectivity index (χ1) is 10.0. The van der Waals surface area contributed by atoms with Crippen LogP contribution in [0.3, 0.4) is 0 Å². The highest BCUT2D eigenvalue weighted by Gasteiger charge is 2.35. The average molecular weight is 309 g/mol. The van der Waals surface area contributed by atoms with Crippen molar-refractivity contribution in [2.45, 2.75) is 45.7 Å². The van der Waals surface area contributed by atoms with Gasteiger partial charge >= 0.3 is 0 Å². The highest BCUT2D eigenvalue weighted by molar-refractivity contribution is 6.31. The summed E-state index contributed by atoms with van der Waals surface area (Å²) in [6.07, 6.45) is 2.65. The molecule has 1 aliphatic rings. The third-order valence-electron chi connectivity index (χ3n) is 4.83. The summed E-state index contributed by atoms with van der Waals surface area (Å²) in [5.74, 6) is 1.50. The Morgan fingerprint density at radius 2 is 1.95 bits per heavy atom. The van der Waals surface area contributed by atoms with Gasteiger partial charge in [0.05, 0.1) is 0 Å². The molecule has 2 rings (SSSR count). The Morgan fingerprint density at radius 3 is 2.52 bits per heavy atom. The molecule has 1 aromatic carbocycles. The first kappa shape index (κ1) is 16.8. The van der Waals surface area contributed by atoms with Gasteiger partial charge in [-0.3, -0.25) is 4.90 Å². The fourth-order valence-corrected chi connectivity index (χ4v) is 3.50. The number of rotatable bonds is 7. The molecule has 1 saturated carbocycles. The lowest BCUT2D eigenvalue weighted by Crippen LogP contribution is -2.50. The van der Waals surface area contributed by atoms with Crippen LogP contribution in [0.25, 0.3) is 0 Å². The van der Waals surface area contributed by atoms with E-state index in [0.717, 1.165) is 29.9 Å². The number of hydrogen-bond donors (Lipinski definition) is 1. The highest BCUT2D eigenvalue weighted by Crippen LogP contribution is 2.37. The van der Waals surface area contributed by atoms with E-state index in [9.17, 15) is 0 Å². The molecule has 0 bridgehead atoms. The van der Waals surface area contributed by atoms with Crippen LogP contribution in [-0.4, -0.2) is 31.1 Å². The molecule has 0 heterocycles. The lowest BCUT2D eigenvalue weighted by atomic mass is 9.77. The van der Waals surface area contributed by atoms with E-state index in [2.05, 4.69) is 50.2 Å². The Kier molecular flexibility index (Phi) is 6.09. The molecule has 3 atom stereocenters. The smallest absolute Gasteiger partial charge is 0.0453 e. The van der Waals surface area contributed by atoms with E-state index in [1.807, 2.05) is 12.1 Å². The van der Waals surface area contributed by atoms with Crippen LogP contribution < -0.4 is 5.32 Å². The van der Waals surface area contributed by atoms with Crippen LogP contribution in [0.5, 0.6) is 0 Å². The van der Waals surface area contributed by atoms with E-state index < -0.39 is 0 Å². The molecule has 3 heteroatoms. The molecule has 3 unspecified atom stereocenters. The fourth-order valence-electron chi connectivity index (χ4n) is 3.20. The number of hydrogen-bond acceptors (Lipinski definition) is 2. The van der Waals surface area contributed by atoms with Crippen molar-refractivity contribution < 1.29 is 0 Å². The molecular formula is C18H29ClN2. The van der Waals surface area contributed by atoms with E-state index in [1.165, 1.54) is 18.4 Å². The summed E-state index contributed by atoms with van der Waals surface area (Å²) >= 11 is 6.34. The van der Waals surface area contributed by atoms with Gasteiger partial charge < -0.3 is 5.32 Å². The summed E-state index contributed by atoms with van der Waals surface area (Å²) in [4.78, 5) is 2.51. The van der Waals surface area contributed by atoms with Crippen LogP contribution in [0.15, 0.2) is 24.3 Å². The van der Waals surface area contributed by atoms with Crippen molar-refractivity contribution in [1.29, 1.82) is 0 Å². The van der Waals surface area contributed by atoms with Gasteiger partial charge in [-0.15, -0.1) is 0 Å². The summed E-state index contributed by atoms with van der Waals surface area (Å²) in [5, 5.41) is 4.49. The molecule has 1 aromatic rings. The topological polar surface area (TPSA) is 15.3 Å². The van der Waals surface area contributed by atoms with Crippen molar-refractivity contribution in [3.05, 3.63) is 34.9 Å². The summed E-state index contributed by atoms with van der Waals surface area (Å²) in [6.45, 7) is 9.04. The predicted molar refractivity (Wildman–Crippen MR) is 91.8 cm³/mol. The van der Waals surface area contributed by atoms with Gasteiger partial charge in [0, 0.05) is 17.1 Å². The summed E-state index contributed by atoms with van der Waals surface area (Å²) < 4.78 is 0. The van der Waals surface area contributed by atoms with Gasteiger partial charge in [-0.05, 0) is 63.4 Å². The van der Waals surface area contributed by atoms with E-state index in [4.69, 9.17) is 11.6 Å². The van der Waals surface area contributed by atoms with Gasteiger partial charge in [-0.2, -0.15) is 0 Å². The zero-order valence-electron chi connectivity index (χ0n) is 13.8. The minimum Gasteiger partial charge on any atom is -0.316 e. The molecular weight excluding hydrogens is 280 g/mol. The van der Waals surface area contributed by atoms with Crippen LogP contribution in [0.1, 0.15) is 45.2 Å². The van der Waals surface area contributed by atoms with Crippen LogP contribution >= 0.6 is 11.6 Å². The molecule has 0 aliphatic heterocycles. The number of nitrogens with one attached hydrogen (secondary N) is 1.